The fourth-order valence-electron chi connectivity index (χ4n) is 2.86. The molecule has 29 heavy (non-hydrogen) atoms. The van der Waals surface area contributed by atoms with Crippen LogP contribution in [0.5, 0.6) is 0 Å². The number of rotatable bonds is 7. The maximum Gasteiger partial charge on any atom is 0.408 e. The number of nitrogens with one attached hydrogen (secondary N) is 1. The number of hydrogen-bond acceptors (Lipinski definition) is 5. The third-order valence-corrected chi connectivity index (χ3v) is 4.05. The minimum absolute atomic E-state index is 0.116. The molecule has 0 radical (unpaired) electrons. The highest BCUT2D eigenvalue weighted by molar-refractivity contribution is 6.09. The molecule has 6 nitrogen and oxygen atoms in total. The zero-order valence-electron chi connectivity index (χ0n) is 17.2. The van der Waals surface area contributed by atoms with Crippen molar-refractivity contribution < 1.29 is 23.9 Å². The summed E-state index contributed by atoms with van der Waals surface area (Å²) >= 11 is 0. The molecule has 154 valence electrons. The zero-order chi connectivity index (χ0) is 21.4. The van der Waals surface area contributed by atoms with Gasteiger partial charge < -0.3 is 14.8 Å². The van der Waals surface area contributed by atoms with Crippen LogP contribution in [0.25, 0.3) is 0 Å². The molecule has 6 heteroatoms. The summed E-state index contributed by atoms with van der Waals surface area (Å²) in [7, 11) is 0. The van der Waals surface area contributed by atoms with Gasteiger partial charge in [0.25, 0.3) is 0 Å². The first kappa shape index (κ1) is 22.1. The number of amides is 1. The van der Waals surface area contributed by atoms with Crippen molar-refractivity contribution in [2.45, 2.75) is 39.3 Å². The van der Waals surface area contributed by atoms with Crippen LogP contribution < -0.4 is 5.32 Å². The minimum Gasteiger partial charge on any atom is -0.465 e. The van der Waals surface area contributed by atoms with Gasteiger partial charge in [-0.05, 0) is 33.3 Å². The highest BCUT2D eigenvalue weighted by Gasteiger charge is 2.39. The molecular formula is C23H27NO5. The van der Waals surface area contributed by atoms with Crippen LogP contribution in [0.15, 0.2) is 60.7 Å². The average molecular weight is 397 g/mol. The molecule has 0 aliphatic rings. The van der Waals surface area contributed by atoms with Crippen LogP contribution in [0.4, 0.5) is 4.79 Å². The summed E-state index contributed by atoms with van der Waals surface area (Å²) in [5.41, 5.74) is 0.229. The van der Waals surface area contributed by atoms with E-state index in [1.54, 1.807) is 82.3 Å². The molecule has 0 saturated heterocycles. The van der Waals surface area contributed by atoms with Gasteiger partial charge in [-0.2, -0.15) is 0 Å². The van der Waals surface area contributed by atoms with Crippen molar-refractivity contribution in [3.8, 4) is 0 Å². The molecule has 0 spiro atoms. The first-order valence-electron chi connectivity index (χ1n) is 9.53. The van der Waals surface area contributed by atoms with Gasteiger partial charge in [0.05, 0.1) is 12.6 Å². The van der Waals surface area contributed by atoms with Crippen molar-refractivity contribution in [3.05, 3.63) is 71.8 Å². The quantitative estimate of drug-likeness (QED) is 0.428. The molecule has 1 N–H and O–H groups in total. The maximum absolute atomic E-state index is 13.2. The summed E-state index contributed by atoms with van der Waals surface area (Å²) in [4.78, 5) is 38.5. The Hall–Kier alpha value is -3.15. The summed E-state index contributed by atoms with van der Waals surface area (Å²) < 4.78 is 10.5. The van der Waals surface area contributed by atoms with Gasteiger partial charge in [-0.15, -0.1) is 0 Å². The van der Waals surface area contributed by atoms with E-state index in [1.807, 2.05) is 6.07 Å². The summed E-state index contributed by atoms with van der Waals surface area (Å²) in [5, 5.41) is 2.70. The number of hydrogen-bond donors (Lipinski definition) is 1. The number of benzene rings is 2. The van der Waals surface area contributed by atoms with Crippen molar-refractivity contribution in [3.63, 3.8) is 0 Å². The fraction of sp³-hybridized carbons (Fsp3) is 0.348. The fourth-order valence-corrected chi connectivity index (χ4v) is 2.86. The van der Waals surface area contributed by atoms with Gasteiger partial charge in [-0.1, -0.05) is 60.7 Å². The number of ether oxygens (including phenoxy) is 2. The number of carbonyl (C=O) groups is 3. The van der Waals surface area contributed by atoms with Gasteiger partial charge in [0.1, 0.15) is 11.5 Å². The van der Waals surface area contributed by atoms with E-state index in [-0.39, 0.29) is 6.61 Å². The second-order valence-corrected chi connectivity index (χ2v) is 7.49. The van der Waals surface area contributed by atoms with E-state index in [4.69, 9.17) is 9.47 Å². The first-order chi connectivity index (χ1) is 13.7. The Labute approximate surface area is 171 Å². The molecule has 0 aliphatic heterocycles. The van der Waals surface area contributed by atoms with Crippen LogP contribution in [0.2, 0.25) is 0 Å². The molecule has 1 amide bonds. The summed E-state index contributed by atoms with van der Waals surface area (Å²) in [6.45, 7) is 7.00. The zero-order valence-corrected chi connectivity index (χ0v) is 17.2. The molecule has 1 unspecified atom stereocenters. The van der Waals surface area contributed by atoms with Crippen molar-refractivity contribution >= 4 is 17.8 Å². The van der Waals surface area contributed by atoms with E-state index in [9.17, 15) is 14.4 Å². The molecule has 2 rings (SSSR count). The Balaban J connectivity index is 2.47. The van der Waals surface area contributed by atoms with E-state index < -0.39 is 35.4 Å². The Kier molecular flexibility index (Phi) is 7.53. The smallest absolute Gasteiger partial charge is 0.408 e. The van der Waals surface area contributed by atoms with Gasteiger partial charge >= 0.3 is 12.1 Å². The molecule has 0 aromatic heterocycles. The van der Waals surface area contributed by atoms with Crippen LogP contribution >= 0.6 is 0 Å². The van der Waals surface area contributed by atoms with Gasteiger partial charge in [0.15, 0.2) is 5.78 Å². The third-order valence-electron chi connectivity index (χ3n) is 4.05. The largest absolute Gasteiger partial charge is 0.465 e. The lowest BCUT2D eigenvalue weighted by Gasteiger charge is -2.28. The predicted molar refractivity (Wildman–Crippen MR) is 109 cm³/mol. The highest BCUT2D eigenvalue weighted by Crippen LogP contribution is 2.28. The lowest BCUT2D eigenvalue weighted by Crippen LogP contribution is -2.43. The van der Waals surface area contributed by atoms with Crippen molar-refractivity contribution in [2.75, 3.05) is 6.61 Å². The molecule has 2 atom stereocenters. The van der Waals surface area contributed by atoms with Gasteiger partial charge in [0.2, 0.25) is 0 Å². The van der Waals surface area contributed by atoms with Crippen LogP contribution in [0.1, 0.15) is 49.7 Å². The second kappa shape index (κ2) is 9.87. The Bertz CT molecular complexity index is 827. The summed E-state index contributed by atoms with van der Waals surface area (Å²) in [6, 6.07) is 16.4. The molecule has 2 aromatic rings. The maximum atomic E-state index is 13.2. The molecule has 0 aliphatic carbocycles. The lowest BCUT2D eigenvalue weighted by molar-refractivity contribution is -0.147. The van der Waals surface area contributed by atoms with E-state index in [1.165, 1.54) is 0 Å². The molecule has 0 saturated carbocycles. The third kappa shape index (κ3) is 6.45. The summed E-state index contributed by atoms with van der Waals surface area (Å²) in [6.07, 6.45) is -0.721. The van der Waals surface area contributed by atoms with Gasteiger partial charge in [-0.25, -0.2) is 4.79 Å². The van der Waals surface area contributed by atoms with Crippen molar-refractivity contribution in [2.24, 2.45) is 5.92 Å². The predicted octanol–water partition coefficient (Wildman–Crippen LogP) is 4.31. The Morgan fingerprint density at radius 1 is 0.931 bits per heavy atom. The summed E-state index contributed by atoms with van der Waals surface area (Å²) in [5.74, 6) is -2.40. The first-order valence-corrected chi connectivity index (χ1v) is 9.53. The van der Waals surface area contributed by atoms with E-state index in [0.717, 1.165) is 0 Å². The topological polar surface area (TPSA) is 81.7 Å². The van der Waals surface area contributed by atoms with E-state index in [0.29, 0.717) is 11.1 Å². The number of alkyl carbamates (subject to hydrolysis) is 1. The molecular weight excluding hydrogens is 370 g/mol. The van der Waals surface area contributed by atoms with Crippen LogP contribution in [-0.4, -0.2) is 30.1 Å². The second-order valence-electron chi connectivity index (χ2n) is 7.49. The standard InChI is InChI=1S/C23H27NO5/c1-5-28-21(26)18(20(25)17-14-10-7-11-15-17)19(16-12-8-6-9-13-16)24-22(27)29-23(2,3)4/h6-15,18-19H,5H2,1-4H3,(H,24,27)/t18?,19-/m0/s1. The SMILES string of the molecule is CCOC(=O)C(C(=O)c1ccccc1)[C@@H](NC(=O)OC(C)(C)C)c1ccccc1. The number of esters is 1. The Morgan fingerprint density at radius 3 is 2.00 bits per heavy atom. The van der Waals surface area contributed by atoms with Crippen molar-refractivity contribution in [1.29, 1.82) is 0 Å². The number of ketones is 1. The minimum atomic E-state index is -1.26. The monoisotopic (exact) mass is 397 g/mol. The Morgan fingerprint density at radius 2 is 1.48 bits per heavy atom. The molecule has 0 bridgehead atoms. The molecule has 2 aromatic carbocycles. The normalized spacial score (nSPS) is 13.1. The lowest BCUT2D eigenvalue weighted by atomic mass is 9.86. The van der Waals surface area contributed by atoms with Crippen molar-refractivity contribution in [1.82, 2.24) is 5.32 Å². The van der Waals surface area contributed by atoms with Gasteiger partial charge in [0, 0.05) is 5.56 Å². The molecule has 0 fully saturated rings. The molecule has 0 heterocycles. The average Bonchev–Trinajstić information content (AvgIpc) is 2.67. The van der Waals surface area contributed by atoms with E-state index >= 15 is 0 Å². The van der Waals surface area contributed by atoms with Crippen LogP contribution in [0, 0.1) is 5.92 Å². The highest BCUT2D eigenvalue weighted by atomic mass is 16.6. The van der Waals surface area contributed by atoms with Crippen LogP contribution in [0.3, 0.4) is 0 Å². The number of Topliss-reactive ketones (excluding diaryl/α,β-unsaturated/α-hetero) is 1. The van der Waals surface area contributed by atoms with Gasteiger partial charge in [-0.3, -0.25) is 9.59 Å². The van der Waals surface area contributed by atoms with E-state index in [2.05, 4.69) is 5.32 Å². The number of carbonyl (C=O) groups excluding carboxylic acids is 3. The van der Waals surface area contributed by atoms with Crippen LogP contribution in [-0.2, 0) is 14.3 Å².